The SMILES string of the molecule is CCc1c(C(=O)O)cccc1C(=O)c1ccccc1.[AlH3]. The number of hydrogen-bond acceptors (Lipinski definition) is 2. The number of carboxylic acids is 1. The van der Waals surface area contributed by atoms with Gasteiger partial charge in [-0.1, -0.05) is 49.4 Å². The van der Waals surface area contributed by atoms with E-state index in [0.717, 1.165) is 0 Å². The summed E-state index contributed by atoms with van der Waals surface area (Å²) < 4.78 is 0. The van der Waals surface area contributed by atoms with E-state index in [1.54, 1.807) is 36.4 Å². The summed E-state index contributed by atoms with van der Waals surface area (Å²) in [7, 11) is 0. The van der Waals surface area contributed by atoms with Gasteiger partial charge in [0.05, 0.1) is 5.56 Å². The van der Waals surface area contributed by atoms with Gasteiger partial charge in [-0.25, -0.2) is 4.79 Å². The molecule has 0 saturated heterocycles. The molecule has 1 N–H and O–H groups in total. The van der Waals surface area contributed by atoms with Crippen molar-refractivity contribution in [2.24, 2.45) is 0 Å². The van der Waals surface area contributed by atoms with Crippen LogP contribution >= 0.6 is 0 Å². The third-order valence-electron chi connectivity index (χ3n) is 3.04. The Bertz CT molecular complexity index is 621. The summed E-state index contributed by atoms with van der Waals surface area (Å²) in [6, 6.07) is 13.7. The fourth-order valence-corrected chi connectivity index (χ4v) is 2.13. The van der Waals surface area contributed by atoms with Crippen LogP contribution in [0.1, 0.15) is 38.8 Å². The lowest BCUT2D eigenvalue weighted by Crippen LogP contribution is -2.10. The molecule has 0 radical (unpaired) electrons. The molecule has 2 aromatic rings. The highest BCUT2D eigenvalue weighted by Gasteiger charge is 2.17. The number of hydrogen-bond donors (Lipinski definition) is 1. The smallest absolute Gasteiger partial charge is 0.335 e. The average Bonchev–Trinajstić information content (AvgIpc) is 2.46. The molecular formula is C16H17AlO3. The zero-order valence-electron chi connectivity index (χ0n) is 10.6. The standard InChI is InChI=1S/C16H14O3.Al.3H/c1-2-12-13(9-6-10-14(12)16(18)19)15(17)11-7-4-3-5-8-11;;;;/h3-10H,2H2,1H3,(H,18,19);;;;. The Morgan fingerprint density at radius 3 is 2.10 bits per heavy atom. The normalized spacial score (nSPS) is 9.65. The predicted octanol–water partition coefficient (Wildman–Crippen LogP) is 1.99. The number of benzene rings is 2. The summed E-state index contributed by atoms with van der Waals surface area (Å²) in [4.78, 5) is 23.6. The van der Waals surface area contributed by atoms with E-state index in [1.807, 2.05) is 13.0 Å². The van der Waals surface area contributed by atoms with Gasteiger partial charge >= 0.3 is 5.97 Å². The van der Waals surface area contributed by atoms with E-state index in [-0.39, 0.29) is 28.7 Å². The largest absolute Gasteiger partial charge is 0.478 e. The molecule has 0 aliphatic heterocycles. The van der Waals surface area contributed by atoms with Crippen molar-refractivity contribution in [3.05, 3.63) is 70.8 Å². The molecule has 4 heteroatoms. The van der Waals surface area contributed by atoms with Crippen molar-refractivity contribution < 1.29 is 14.7 Å². The third-order valence-corrected chi connectivity index (χ3v) is 3.04. The zero-order chi connectivity index (χ0) is 13.8. The highest BCUT2D eigenvalue weighted by Crippen LogP contribution is 2.19. The lowest BCUT2D eigenvalue weighted by Gasteiger charge is -2.10. The molecule has 0 heterocycles. The first-order chi connectivity index (χ1) is 9.15. The number of aromatic carboxylic acids is 1. The van der Waals surface area contributed by atoms with Gasteiger partial charge in [-0.05, 0) is 18.1 Å². The quantitative estimate of drug-likeness (QED) is 0.690. The molecule has 0 bridgehead atoms. The van der Waals surface area contributed by atoms with Gasteiger partial charge in [-0.2, -0.15) is 0 Å². The lowest BCUT2D eigenvalue weighted by molar-refractivity contribution is 0.0695. The van der Waals surface area contributed by atoms with E-state index in [9.17, 15) is 9.59 Å². The molecule has 0 atom stereocenters. The van der Waals surface area contributed by atoms with Crippen LogP contribution in [0, 0.1) is 0 Å². The van der Waals surface area contributed by atoms with Gasteiger partial charge in [0.25, 0.3) is 0 Å². The van der Waals surface area contributed by atoms with Crippen molar-refractivity contribution in [1.29, 1.82) is 0 Å². The molecule has 3 nitrogen and oxygen atoms in total. The van der Waals surface area contributed by atoms with Crippen LogP contribution in [0.25, 0.3) is 0 Å². The first-order valence-corrected chi connectivity index (χ1v) is 6.10. The molecule has 0 aliphatic rings. The summed E-state index contributed by atoms with van der Waals surface area (Å²) >= 11 is 0. The monoisotopic (exact) mass is 284 g/mol. The second kappa shape index (κ2) is 7.04. The molecule has 20 heavy (non-hydrogen) atoms. The van der Waals surface area contributed by atoms with Gasteiger partial charge in [0.2, 0.25) is 0 Å². The van der Waals surface area contributed by atoms with Crippen LogP contribution in [0.15, 0.2) is 48.5 Å². The van der Waals surface area contributed by atoms with Crippen molar-refractivity contribution in [1.82, 2.24) is 0 Å². The highest BCUT2D eigenvalue weighted by atomic mass is 27.0. The average molecular weight is 284 g/mol. The second-order valence-electron chi connectivity index (χ2n) is 4.19. The van der Waals surface area contributed by atoms with Crippen LogP contribution < -0.4 is 0 Å². The molecule has 102 valence electrons. The summed E-state index contributed by atoms with van der Waals surface area (Å²) in [6.07, 6.45) is 0.510. The minimum absolute atomic E-state index is 0. The Balaban J connectivity index is 0.00000200. The van der Waals surface area contributed by atoms with Crippen molar-refractivity contribution >= 4 is 29.1 Å². The number of carbonyl (C=O) groups excluding carboxylic acids is 1. The first kappa shape index (κ1) is 16.2. The van der Waals surface area contributed by atoms with E-state index in [0.29, 0.717) is 23.1 Å². The first-order valence-electron chi connectivity index (χ1n) is 6.10. The van der Waals surface area contributed by atoms with Gasteiger partial charge in [0.15, 0.2) is 23.1 Å². The fourth-order valence-electron chi connectivity index (χ4n) is 2.13. The summed E-state index contributed by atoms with van der Waals surface area (Å²) in [5.74, 6) is -1.14. The molecule has 0 spiro atoms. The molecule has 2 rings (SSSR count). The van der Waals surface area contributed by atoms with Crippen molar-refractivity contribution in [3.8, 4) is 0 Å². The van der Waals surface area contributed by atoms with Gasteiger partial charge in [-0.3, -0.25) is 4.79 Å². The number of carboxylic acid groups (broad SMARTS) is 1. The Hall–Kier alpha value is -1.89. The maximum atomic E-state index is 12.4. The zero-order valence-corrected chi connectivity index (χ0v) is 10.6. The van der Waals surface area contributed by atoms with Crippen LogP contribution in [0.2, 0.25) is 0 Å². The minimum atomic E-state index is -1.00. The fraction of sp³-hybridized carbons (Fsp3) is 0.125. The van der Waals surface area contributed by atoms with Gasteiger partial charge in [-0.15, -0.1) is 0 Å². The van der Waals surface area contributed by atoms with E-state index in [1.165, 1.54) is 6.07 Å². The van der Waals surface area contributed by atoms with Crippen LogP contribution in [0.3, 0.4) is 0 Å². The van der Waals surface area contributed by atoms with Crippen molar-refractivity contribution in [2.75, 3.05) is 0 Å². The van der Waals surface area contributed by atoms with E-state index < -0.39 is 5.97 Å². The Morgan fingerprint density at radius 2 is 1.55 bits per heavy atom. The highest BCUT2D eigenvalue weighted by molar-refractivity contribution is 6.11. The molecule has 0 aromatic heterocycles. The topological polar surface area (TPSA) is 54.4 Å². The number of ketones is 1. The second-order valence-corrected chi connectivity index (χ2v) is 4.19. The molecule has 0 aliphatic carbocycles. The van der Waals surface area contributed by atoms with E-state index >= 15 is 0 Å². The molecule has 0 saturated carbocycles. The summed E-state index contributed by atoms with van der Waals surface area (Å²) in [6.45, 7) is 1.85. The van der Waals surface area contributed by atoms with Crippen molar-refractivity contribution in [2.45, 2.75) is 13.3 Å². The Labute approximate surface area is 128 Å². The Kier molecular flexibility index (Phi) is 5.69. The van der Waals surface area contributed by atoms with Crippen LogP contribution in [-0.4, -0.2) is 34.2 Å². The van der Waals surface area contributed by atoms with Gasteiger partial charge in [0.1, 0.15) is 0 Å². The van der Waals surface area contributed by atoms with Crippen LogP contribution in [-0.2, 0) is 6.42 Å². The minimum Gasteiger partial charge on any atom is -0.478 e. The number of rotatable bonds is 4. The molecule has 0 unspecified atom stereocenters. The van der Waals surface area contributed by atoms with E-state index in [2.05, 4.69) is 0 Å². The molecular weight excluding hydrogens is 267 g/mol. The van der Waals surface area contributed by atoms with Crippen LogP contribution in [0.5, 0.6) is 0 Å². The summed E-state index contributed by atoms with van der Waals surface area (Å²) in [5.41, 5.74) is 1.82. The van der Waals surface area contributed by atoms with Crippen molar-refractivity contribution in [3.63, 3.8) is 0 Å². The lowest BCUT2D eigenvalue weighted by atomic mass is 9.93. The van der Waals surface area contributed by atoms with E-state index in [4.69, 9.17) is 5.11 Å². The third kappa shape index (κ3) is 3.16. The maximum Gasteiger partial charge on any atom is 0.335 e. The maximum absolute atomic E-state index is 12.4. The summed E-state index contributed by atoms with van der Waals surface area (Å²) in [5, 5.41) is 9.16. The molecule has 0 amide bonds. The Morgan fingerprint density at radius 1 is 0.950 bits per heavy atom. The molecule has 0 fully saturated rings. The van der Waals surface area contributed by atoms with Crippen LogP contribution in [0.4, 0.5) is 0 Å². The number of carbonyl (C=O) groups is 2. The molecule has 2 aromatic carbocycles. The van der Waals surface area contributed by atoms with Gasteiger partial charge in [0, 0.05) is 11.1 Å². The predicted molar refractivity (Wildman–Crippen MR) is 82.6 cm³/mol. The van der Waals surface area contributed by atoms with Gasteiger partial charge < -0.3 is 5.11 Å².